The first-order valence-electron chi connectivity index (χ1n) is 11.9. The Kier molecular flexibility index (Phi) is 6.35. The number of hydrogen-bond acceptors (Lipinski definition) is 5. The predicted molar refractivity (Wildman–Crippen MR) is 138 cm³/mol. The molecule has 4 aromatic rings. The minimum absolute atomic E-state index is 0.00652. The molecule has 9 heteroatoms. The number of ketones is 1. The summed E-state index contributed by atoms with van der Waals surface area (Å²) in [5.41, 5.74) is 3.12. The van der Waals surface area contributed by atoms with E-state index in [1.54, 1.807) is 36.4 Å². The third-order valence-corrected chi connectivity index (χ3v) is 8.65. The average molecular weight is 525 g/mol. The van der Waals surface area contributed by atoms with E-state index in [0.717, 1.165) is 11.1 Å². The maximum atomic E-state index is 13.6. The fourth-order valence-corrected chi connectivity index (χ4v) is 7.17. The van der Waals surface area contributed by atoms with Crippen LogP contribution < -0.4 is 4.74 Å². The van der Waals surface area contributed by atoms with E-state index in [2.05, 4.69) is 4.98 Å². The fourth-order valence-electron chi connectivity index (χ4n) is 4.91. The van der Waals surface area contributed by atoms with Crippen molar-refractivity contribution >= 4 is 26.7 Å². The summed E-state index contributed by atoms with van der Waals surface area (Å²) >= 11 is 0. The van der Waals surface area contributed by atoms with Crippen molar-refractivity contribution in [2.75, 3.05) is 11.5 Å². The van der Waals surface area contributed by atoms with Gasteiger partial charge in [0.1, 0.15) is 11.6 Å². The smallest absolute Gasteiger partial charge is 0.235 e. The second-order valence-electron chi connectivity index (χ2n) is 9.92. The molecular formula is C28H26F2N2O4S. The van der Waals surface area contributed by atoms with Gasteiger partial charge in [0.2, 0.25) is 6.36 Å². The maximum absolute atomic E-state index is 13.6. The van der Waals surface area contributed by atoms with E-state index in [1.807, 2.05) is 23.8 Å². The van der Waals surface area contributed by atoms with E-state index in [1.165, 1.54) is 25.3 Å². The monoisotopic (exact) mass is 524 g/mol. The Labute approximate surface area is 213 Å². The van der Waals surface area contributed by atoms with Crippen molar-refractivity contribution < 1.29 is 26.7 Å². The number of Topliss-reactive ketones (excluding diaryl/α,β-unsaturated/α-hetero) is 1. The second-order valence-corrected chi connectivity index (χ2v) is 12.1. The van der Waals surface area contributed by atoms with Crippen LogP contribution in [0.25, 0.3) is 27.8 Å². The molecule has 3 heterocycles. The molecule has 1 aliphatic rings. The van der Waals surface area contributed by atoms with Crippen LogP contribution in [-0.4, -0.2) is 41.6 Å². The van der Waals surface area contributed by atoms with E-state index in [0.29, 0.717) is 34.5 Å². The maximum Gasteiger partial charge on any atom is 0.235 e. The minimum atomic E-state index is -3.14. The third-order valence-electron chi connectivity index (χ3n) is 6.68. The van der Waals surface area contributed by atoms with Crippen molar-refractivity contribution in [2.24, 2.45) is 5.41 Å². The Morgan fingerprint density at radius 2 is 1.95 bits per heavy atom. The van der Waals surface area contributed by atoms with Crippen LogP contribution in [0.3, 0.4) is 0 Å². The number of fused-ring (bicyclic) bond motifs is 1. The van der Waals surface area contributed by atoms with Crippen molar-refractivity contribution in [2.45, 2.75) is 33.0 Å². The topological polar surface area (TPSA) is 78.3 Å². The Hall–Kier alpha value is -3.59. The summed E-state index contributed by atoms with van der Waals surface area (Å²) in [6, 6.07) is 14.7. The molecule has 6 nitrogen and oxygen atoms in total. The van der Waals surface area contributed by atoms with Crippen molar-refractivity contribution in [3.05, 3.63) is 78.4 Å². The number of nitrogens with zero attached hydrogens (tertiary/aromatic N) is 2. The van der Waals surface area contributed by atoms with Crippen LogP contribution in [0, 0.1) is 11.2 Å². The normalized spacial score (nSPS) is 19.7. The number of aromatic nitrogens is 2. The quantitative estimate of drug-likeness (QED) is 0.280. The SMILES string of the molecule is CC(F)Oc1cccc(-c2cn(-c3ccc(F)cc3)c3cc(C(=O)C[C@@]4(C)CCS(=O)(=O)C4)cnc23)c1. The molecule has 1 aliphatic heterocycles. The summed E-state index contributed by atoms with van der Waals surface area (Å²) in [5, 5.41) is 0. The molecule has 2 atom stereocenters. The molecule has 0 spiro atoms. The summed E-state index contributed by atoms with van der Waals surface area (Å²) in [6.07, 6.45) is 2.41. The zero-order valence-corrected chi connectivity index (χ0v) is 21.3. The van der Waals surface area contributed by atoms with Crippen LogP contribution in [0.5, 0.6) is 5.75 Å². The van der Waals surface area contributed by atoms with E-state index in [-0.39, 0.29) is 29.5 Å². The summed E-state index contributed by atoms with van der Waals surface area (Å²) in [7, 11) is -3.14. The van der Waals surface area contributed by atoms with Gasteiger partial charge >= 0.3 is 0 Å². The van der Waals surface area contributed by atoms with Gasteiger partial charge in [0.25, 0.3) is 0 Å². The molecule has 1 fully saturated rings. The lowest BCUT2D eigenvalue weighted by atomic mass is 9.83. The Bertz CT molecular complexity index is 1600. The Balaban J connectivity index is 1.59. The number of ether oxygens (including phenoxy) is 1. The molecule has 2 aromatic carbocycles. The van der Waals surface area contributed by atoms with E-state index in [9.17, 15) is 22.0 Å². The Morgan fingerprint density at radius 3 is 2.62 bits per heavy atom. The number of carbonyl (C=O) groups excluding carboxylic acids is 1. The van der Waals surface area contributed by atoms with Crippen LogP contribution in [0.1, 0.15) is 37.0 Å². The highest BCUT2D eigenvalue weighted by Gasteiger charge is 2.40. The van der Waals surface area contributed by atoms with E-state index < -0.39 is 21.6 Å². The van der Waals surface area contributed by atoms with Crippen LogP contribution in [0.15, 0.2) is 67.0 Å². The van der Waals surface area contributed by atoms with Gasteiger partial charge in [0.05, 0.1) is 22.5 Å². The highest BCUT2D eigenvalue weighted by molar-refractivity contribution is 7.91. The molecule has 5 rings (SSSR count). The van der Waals surface area contributed by atoms with Gasteiger partial charge in [-0.1, -0.05) is 19.1 Å². The average Bonchev–Trinajstić information content (AvgIpc) is 3.35. The van der Waals surface area contributed by atoms with Crippen LogP contribution in [-0.2, 0) is 9.84 Å². The molecule has 37 heavy (non-hydrogen) atoms. The van der Waals surface area contributed by atoms with Gasteiger partial charge in [0, 0.05) is 42.6 Å². The molecule has 0 bridgehead atoms. The van der Waals surface area contributed by atoms with Crippen LogP contribution >= 0.6 is 0 Å². The zero-order chi connectivity index (χ0) is 26.4. The fraction of sp³-hybridized carbons (Fsp3) is 0.286. The van der Waals surface area contributed by atoms with Gasteiger partial charge in [-0.3, -0.25) is 9.78 Å². The minimum Gasteiger partial charge on any atom is -0.461 e. The van der Waals surface area contributed by atoms with Crippen molar-refractivity contribution in [1.82, 2.24) is 9.55 Å². The molecule has 2 aromatic heterocycles. The van der Waals surface area contributed by atoms with Gasteiger partial charge in [-0.25, -0.2) is 17.2 Å². The Morgan fingerprint density at radius 1 is 1.19 bits per heavy atom. The third kappa shape index (κ3) is 5.27. The summed E-state index contributed by atoms with van der Waals surface area (Å²) in [6.45, 7) is 3.13. The lowest BCUT2D eigenvalue weighted by Crippen LogP contribution is -2.22. The number of pyridine rings is 1. The summed E-state index contributed by atoms with van der Waals surface area (Å²) in [4.78, 5) is 17.8. The molecule has 0 saturated carbocycles. The molecule has 0 radical (unpaired) electrons. The predicted octanol–water partition coefficient (Wildman–Crippen LogP) is 5.92. The molecule has 0 aliphatic carbocycles. The number of alkyl halides is 1. The highest BCUT2D eigenvalue weighted by Crippen LogP contribution is 2.37. The zero-order valence-electron chi connectivity index (χ0n) is 20.4. The first kappa shape index (κ1) is 25.1. The number of carbonyl (C=O) groups is 1. The van der Waals surface area contributed by atoms with Gasteiger partial charge < -0.3 is 9.30 Å². The van der Waals surface area contributed by atoms with Crippen molar-refractivity contribution in [3.8, 4) is 22.6 Å². The molecular weight excluding hydrogens is 498 g/mol. The largest absolute Gasteiger partial charge is 0.461 e. The van der Waals surface area contributed by atoms with Crippen LogP contribution in [0.4, 0.5) is 8.78 Å². The number of sulfone groups is 1. The number of rotatable bonds is 7. The van der Waals surface area contributed by atoms with E-state index in [4.69, 9.17) is 4.74 Å². The van der Waals surface area contributed by atoms with Gasteiger partial charge in [-0.2, -0.15) is 0 Å². The van der Waals surface area contributed by atoms with Crippen LogP contribution in [0.2, 0.25) is 0 Å². The number of hydrogen-bond donors (Lipinski definition) is 0. The first-order chi connectivity index (χ1) is 17.5. The summed E-state index contributed by atoms with van der Waals surface area (Å²) < 4.78 is 58.1. The molecule has 0 N–H and O–H groups in total. The lowest BCUT2D eigenvalue weighted by Gasteiger charge is -2.20. The molecule has 1 saturated heterocycles. The van der Waals surface area contributed by atoms with Gasteiger partial charge in [0.15, 0.2) is 15.6 Å². The standard InChI is InChI=1S/C28H26F2N2O4S/c1-18(29)36-23-5-3-4-19(12-23)24-16-32(22-8-6-21(30)7-9-22)25-13-20(15-31-27(24)25)26(33)14-28(2)10-11-37(34,35)17-28/h3-9,12-13,15-16,18H,10-11,14,17H2,1-2H3/t18?,28-/m1/s1. The highest BCUT2D eigenvalue weighted by atomic mass is 32.2. The molecule has 0 amide bonds. The van der Waals surface area contributed by atoms with Crippen molar-refractivity contribution in [1.29, 1.82) is 0 Å². The van der Waals surface area contributed by atoms with E-state index >= 15 is 0 Å². The number of benzene rings is 2. The molecule has 1 unspecified atom stereocenters. The first-order valence-corrected chi connectivity index (χ1v) is 13.8. The second kappa shape index (κ2) is 9.37. The summed E-state index contributed by atoms with van der Waals surface area (Å²) in [5.74, 6) is -0.113. The van der Waals surface area contributed by atoms with Crippen molar-refractivity contribution in [3.63, 3.8) is 0 Å². The van der Waals surface area contributed by atoms with Gasteiger partial charge in [-0.15, -0.1) is 0 Å². The lowest BCUT2D eigenvalue weighted by molar-refractivity contribution is 0.0860. The molecule has 192 valence electrons. The van der Waals surface area contributed by atoms with Gasteiger partial charge in [-0.05, 0) is 59.9 Å². The number of halogens is 2.